The second-order valence-corrected chi connectivity index (χ2v) is 4.21. The number of carbonyl (C=O) groups excluding carboxylic acids is 2. The summed E-state index contributed by atoms with van der Waals surface area (Å²) in [6, 6.07) is 0. The van der Waals surface area contributed by atoms with Gasteiger partial charge in [0, 0.05) is 17.8 Å². The lowest BCUT2D eigenvalue weighted by Gasteiger charge is -2.06. The molecule has 1 aromatic heterocycles. The van der Waals surface area contributed by atoms with E-state index in [0.29, 0.717) is 5.13 Å². The number of nitrogens with zero attached hydrogens (tertiary/aromatic N) is 1. The number of aromatic nitrogens is 1. The summed E-state index contributed by atoms with van der Waals surface area (Å²) >= 11 is 1.32. The van der Waals surface area contributed by atoms with Gasteiger partial charge in [-0.1, -0.05) is 25.3 Å². The minimum Gasteiger partial charge on any atom is -0.458 e. The fourth-order valence-electron chi connectivity index (χ4n) is 1.05. The first kappa shape index (κ1) is 15.6. The lowest BCUT2D eigenvalue weighted by molar-refractivity contribution is -0.145. The second-order valence-electron chi connectivity index (χ2n) is 3.31. The molecule has 0 aliphatic carbocycles. The summed E-state index contributed by atoms with van der Waals surface area (Å²) < 4.78 is 9.63. The van der Waals surface area contributed by atoms with E-state index in [0.717, 1.165) is 0 Å². The van der Waals surface area contributed by atoms with Crippen molar-refractivity contribution in [3.8, 4) is 0 Å². The molecule has 0 bridgehead atoms. The molecule has 0 amide bonds. The summed E-state index contributed by atoms with van der Waals surface area (Å²) in [7, 11) is 0. The Labute approximate surface area is 120 Å². The Kier molecular flexibility index (Phi) is 6.77. The Morgan fingerprint density at radius 2 is 1.85 bits per heavy atom. The molecule has 0 saturated heterocycles. The highest BCUT2D eigenvalue weighted by molar-refractivity contribution is 7.13. The van der Waals surface area contributed by atoms with Gasteiger partial charge >= 0.3 is 11.9 Å². The minimum absolute atomic E-state index is 0.00215. The Balaban J connectivity index is 2.78. The van der Waals surface area contributed by atoms with Crippen molar-refractivity contribution < 1.29 is 19.1 Å². The van der Waals surface area contributed by atoms with Gasteiger partial charge in [-0.2, -0.15) is 0 Å². The lowest BCUT2D eigenvalue weighted by atomic mass is 10.3. The summed E-state index contributed by atoms with van der Waals surface area (Å²) in [5.74, 6) is -1.61. The summed E-state index contributed by atoms with van der Waals surface area (Å²) in [5.41, 5.74) is -0.260. The van der Waals surface area contributed by atoms with E-state index in [-0.39, 0.29) is 18.8 Å². The highest BCUT2D eigenvalue weighted by atomic mass is 32.1. The molecule has 0 atom stereocenters. The van der Waals surface area contributed by atoms with E-state index in [1.807, 2.05) is 0 Å². The van der Waals surface area contributed by atoms with Crippen LogP contribution < -0.4 is 5.32 Å². The average Bonchev–Trinajstić information content (AvgIpc) is 2.96. The van der Waals surface area contributed by atoms with Crippen LogP contribution >= 0.6 is 11.3 Å². The van der Waals surface area contributed by atoms with Crippen LogP contribution in [0.25, 0.3) is 0 Å². The minimum atomic E-state index is -0.803. The monoisotopic (exact) mass is 294 g/mol. The summed E-state index contributed by atoms with van der Waals surface area (Å²) in [4.78, 5) is 27.4. The van der Waals surface area contributed by atoms with Gasteiger partial charge in [-0.25, -0.2) is 14.6 Å². The molecule has 6 nitrogen and oxygen atoms in total. The molecule has 0 saturated carbocycles. The maximum absolute atomic E-state index is 11.7. The third-order valence-electron chi connectivity index (χ3n) is 1.88. The first-order valence-electron chi connectivity index (χ1n) is 5.61. The molecule has 0 fully saturated rings. The number of rotatable bonds is 8. The van der Waals surface area contributed by atoms with Crippen LogP contribution in [-0.4, -0.2) is 30.1 Å². The van der Waals surface area contributed by atoms with E-state index in [1.165, 1.54) is 29.7 Å². The van der Waals surface area contributed by atoms with Gasteiger partial charge < -0.3 is 14.8 Å². The molecular weight excluding hydrogens is 280 g/mol. The van der Waals surface area contributed by atoms with Crippen LogP contribution in [0.4, 0.5) is 5.13 Å². The van der Waals surface area contributed by atoms with E-state index < -0.39 is 11.9 Å². The Bertz CT molecular complexity index is 482. The number of anilines is 1. The van der Waals surface area contributed by atoms with Gasteiger partial charge in [0.15, 0.2) is 10.7 Å². The molecule has 20 heavy (non-hydrogen) atoms. The van der Waals surface area contributed by atoms with Crippen LogP contribution in [-0.2, 0) is 19.1 Å². The largest absolute Gasteiger partial charge is 0.458 e. The molecule has 0 aliphatic rings. The van der Waals surface area contributed by atoms with Gasteiger partial charge in [0.2, 0.25) is 0 Å². The van der Waals surface area contributed by atoms with Crippen LogP contribution in [0.15, 0.2) is 48.7 Å². The van der Waals surface area contributed by atoms with Crippen LogP contribution in [0.5, 0.6) is 0 Å². The first-order valence-corrected chi connectivity index (χ1v) is 6.49. The number of carbonyl (C=O) groups is 2. The van der Waals surface area contributed by atoms with Crippen molar-refractivity contribution in [1.82, 2.24) is 4.98 Å². The summed E-state index contributed by atoms with van der Waals surface area (Å²) in [6.07, 6.45) is 5.60. The van der Waals surface area contributed by atoms with Gasteiger partial charge in [0.25, 0.3) is 0 Å². The lowest BCUT2D eigenvalue weighted by Crippen LogP contribution is -2.19. The third-order valence-corrected chi connectivity index (χ3v) is 2.58. The molecule has 0 spiro atoms. The van der Waals surface area contributed by atoms with E-state index in [2.05, 4.69) is 23.5 Å². The second kappa shape index (κ2) is 8.65. The molecule has 1 rings (SSSR count). The average molecular weight is 294 g/mol. The van der Waals surface area contributed by atoms with Crippen molar-refractivity contribution in [1.29, 1.82) is 0 Å². The fraction of sp³-hybridized carbons (Fsp3) is 0.154. The molecule has 0 aromatic carbocycles. The zero-order valence-corrected chi connectivity index (χ0v) is 11.5. The smallest absolute Gasteiger partial charge is 0.347 e. The van der Waals surface area contributed by atoms with Gasteiger partial charge in [-0.15, -0.1) is 11.3 Å². The Morgan fingerprint density at radius 1 is 1.25 bits per heavy atom. The quantitative estimate of drug-likeness (QED) is 0.259. The first-order chi connectivity index (χ1) is 9.69. The molecule has 106 valence electrons. The number of hydrogen-bond donors (Lipinski definition) is 1. The molecular formula is C13H14N2O4S. The van der Waals surface area contributed by atoms with E-state index >= 15 is 0 Å². The third kappa shape index (κ3) is 5.07. The molecule has 0 aliphatic heterocycles. The van der Waals surface area contributed by atoms with Crippen molar-refractivity contribution in [3.05, 3.63) is 48.7 Å². The van der Waals surface area contributed by atoms with Gasteiger partial charge in [0.1, 0.15) is 13.2 Å². The van der Waals surface area contributed by atoms with Crippen molar-refractivity contribution in [3.63, 3.8) is 0 Å². The summed E-state index contributed by atoms with van der Waals surface area (Å²) in [6.45, 7) is 6.85. The number of thiazole rings is 1. The number of ether oxygens (including phenoxy) is 2. The van der Waals surface area contributed by atoms with Crippen molar-refractivity contribution >= 4 is 28.4 Å². The van der Waals surface area contributed by atoms with Crippen LogP contribution in [0, 0.1) is 0 Å². The molecule has 1 heterocycles. The zero-order chi connectivity index (χ0) is 14.8. The fourth-order valence-corrected chi connectivity index (χ4v) is 1.55. The Hall–Kier alpha value is -2.41. The topological polar surface area (TPSA) is 77.5 Å². The van der Waals surface area contributed by atoms with Crippen LogP contribution in [0.3, 0.4) is 0 Å². The normalized spacial score (nSPS) is 9.20. The van der Waals surface area contributed by atoms with E-state index in [9.17, 15) is 9.59 Å². The van der Waals surface area contributed by atoms with Gasteiger partial charge in [-0.05, 0) is 0 Å². The van der Waals surface area contributed by atoms with Crippen molar-refractivity contribution in [2.75, 3.05) is 18.5 Å². The molecule has 1 N–H and O–H groups in total. The van der Waals surface area contributed by atoms with Crippen LogP contribution in [0.1, 0.15) is 0 Å². The molecule has 0 unspecified atom stereocenters. The van der Waals surface area contributed by atoms with Crippen molar-refractivity contribution in [2.24, 2.45) is 0 Å². The number of nitrogens with one attached hydrogen (secondary N) is 1. The molecule has 7 heteroatoms. The van der Waals surface area contributed by atoms with Crippen molar-refractivity contribution in [2.45, 2.75) is 0 Å². The number of esters is 2. The maximum Gasteiger partial charge on any atom is 0.347 e. The SMILES string of the molecule is C=CCOC(=O)C(=CNc1nccs1)C(=O)OCC=C. The standard InChI is InChI=1S/C13H14N2O4S/c1-3-6-18-11(16)10(12(17)19-7-4-2)9-15-13-14-5-8-20-13/h3-5,8-9H,1-2,6-7H2,(H,14,15). The predicted molar refractivity (Wildman–Crippen MR) is 76.1 cm³/mol. The van der Waals surface area contributed by atoms with Crippen LogP contribution in [0.2, 0.25) is 0 Å². The summed E-state index contributed by atoms with van der Waals surface area (Å²) in [5, 5.41) is 5.02. The van der Waals surface area contributed by atoms with Gasteiger partial charge in [0.05, 0.1) is 0 Å². The molecule has 0 radical (unpaired) electrons. The van der Waals surface area contributed by atoms with Gasteiger partial charge in [-0.3, -0.25) is 0 Å². The predicted octanol–water partition coefficient (Wildman–Crippen LogP) is 1.90. The highest BCUT2D eigenvalue weighted by Gasteiger charge is 2.21. The van der Waals surface area contributed by atoms with E-state index in [4.69, 9.17) is 9.47 Å². The Morgan fingerprint density at radius 3 is 2.30 bits per heavy atom. The highest BCUT2D eigenvalue weighted by Crippen LogP contribution is 2.11. The zero-order valence-electron chi connectivity index (χ0n) is 10.7. The maximum atomic E-state index is 11.7. The molecule has 1 aromatic rings. The number of hydrogen-bond acceptors (Lipinski definition) is 7. The van der Waals surface area contributed by atoms with E-state index in [1.54, 1.807) is 11.6 Å².